The van der Waals surface area contributed by atoms with Crippen LogP contribution in [0.25, 0.3) is 0 Å². The molecule has 1 aliphatic rings. The molecule has 3 rings (SSSR count). The van der Waals surface area contributed by atoms with Crippen molar-refractivity contribution in [3.8, 4) is 0 Å². The van der Waals surface area contributed by atoms with Crippen LogP contribution < -0.4 is 16.8 Å². The third-order valence-electron chi connectivity index (χ3n) is 6.87. The van der Waals surface area contributed by atoms with E-state index in [0.29, 0.717) is 28.8 Å². The minimum Gasteiger partial charge on any atom is -0.398 e. The molecule has 0 bridgehead atoms. The third kappa shape index (κ3) is 6.22. The van der Waals surface area contributed by atoms with Crippen LogP contribution in [0.1, 0.15) is 69.1 Å². The van der Waals surface area contributed by atoms with Crippen molar-refractivity contribution in [1.29, 1.82) is 0 Å². The van der Waals surface area contributed by atoms with Crippen molar-refractivity contribution in [2.75, 3.05) is 11.6 Å². The quantitative estimate of drug-likeness (QED) is 0.298. The maximum Gasteiger partial charge on any atom is 0.253 e. The number of aliphatic hydroxyl groups excluding tert-OH is 1. The number of hydrogen-bond donors (Lipinski definition) is 4. The molecule has 38 heavy (non-hydrogen) atoms. The largest absolute Gasteiger partial charge is 0.398 e. The lowest BCUT2D eigenvalue weighted by Crippen LogP contribution is -2.59. The standard InChI is InChI=1S/C29H40N4O4S/c1-7-18-19(14-11-15-20(18)30)23(34)21(22(31)17-12-9-8-10-13-17)24(35)27(37)33-16-38-29(5,6)25(33)26(36)32-28(2,3)4/h8-15,21-22,24-25,35H,7,16,30-31H2,1-6H3,(H,32,36)/t21-,22?,24+,25-/m1/s1. The zero-order valence-corrected chi connectivity index (χ0v) is 23.8. The molecule has 8 nitrogen and oxygen atoms in total. The van der Waals surface area contributed by atoms with Crippen LogP contribution in [-0.4, -0.2) is 55.9 Å². The highest BCUT2D eigenvalue weighted by Gasteiger charge is 2.51. The fourth-order valence-electron chi connectivity index (χ4n) is 4.97. The van der Waals surface area contributed by atoms with Crippen LogP contribution in [0.5, 0.6) is 0 Å². The fourth-order valence-corrected chi connectivity index (χ4v) is 6.11. The molecule has 4 atom stereocenters. The molecule has 0 aliphatic carbocycles. The van der Waals surface area contributed by atoms with E-state index in [9.17, 15) is 19.5 Å². The Bertz CT molecular complexity index is 1180. The second-order valence-electron chi connectivity index (χ2n) is 11.3. The first-order chi connectivity index (χ1) is 17.7. The van der Waals surface area contributed by atoms with Gasteiger partial charge in [0.25, 0.3) is 5.91 Å². The molecule has 1 saturated heterocycles. The summed E-state index contributed by atoms with van der Waals surface area (Å²) in [6, 6.07) is 12.1. The Morgan fingerprint density at radius 1 is 1.13 bits per heavy atom. The minimum atomic E-state index is -1.77. The Morgan fingerprint density at radius 3 is 2.34 bits per heavy atom. The number of nitrogens with zero attached hydrogens (tertiary/aromatic N) is 1. The van der Waals surface area contributed by atoms with Crippen LogP contribution in [0.15, 0.2) is 48.5 Å². The SMILES string of the molecule is CCc1c(N)cccc1C(=O)[C@@H](C(N)c1ccccc1)[C@H](O)C(=O)N1CSC(C)(C)[C@H]1C(=O)NC(C)(C)C. The van der Waals surface area contributed by atoms with Crippen molar-refractivity contribution in [3.63, 3.8) is 0 Å². The predicted molar refractivity (Wildman–Crippen MR) is 152 cm³/mol. The maximum absolute atomic E-state index is 14.0. The number of nitrogens with two attached hydrogens (primary N) is 2. The van der Waals surface area contributed by atoms with Gasteiger partial charge in [0.15, 0.2) is 5.78 Å². The summed E-state index contributed by atoms with van der Waals surface area (Å²) >= 11 is 1.45. The lowest BCUT2D eigenvalue weighted by atomic mass is 9.81. The molecular formula is C29H40N4O4S. The number of carbonyl (C=O) groups excluding carboxylic acids is 3. The molecule has 2 aromatic carbocycles. The van der Waals surface area contributed by atoms with Crippen LogP contribution in [-0.2, 0) is 16.0 Å². The summed E-state index contributed by atoms with van der Waals surface area (Å²) in [6.07, 6.45) is -1.28. The molecule has 6 N–H and O–H groups in total. The number of ketones is 1. The van der Waals surface area contributed by atoms with Crippen molar-refractivity contribution >= 4 is 35.0 Å². The molecule has 206 valence electrons. The van der Waals surface area contributed by atoms with Crippen LogP contribution >= 0.6 is 11.8 Å². The van der Waals surface area contributed by atoms with Crippen LogP contribution in [0.4, 0.5) is 5.69 Å². The van der Waals surface area contributed by atoms with Gasteiger partial charge in [-0.2, -0.15) is 0 Å². The van der Waals surface area contributed by atoms with E-state index in [-0.39, 0.29) is 11.8 Å². The second kappa shape index (κ2) is 11.5. The van der Waals surface area contributed by atoms with Crippen LogP contribution in [0, 0.1) is 5.92 Å². The monoisotopic (exact) mass is 540 g/mol. The number of nitrogen functional groups attached to an aromatic ring is 1. The Morgan fingerprint density at radius 2 is 1.76 bits per heavy atom. The number of aliphatic hydroxyl groups is 1. The Kier molecular flexibility index (Phi) is 8.96. The predicted octanol–water partition coefficient (Wildman–Crippen LogP) is 3.29. The van der Waals surface area contributed by atoms with E-state index in [0.717, 1.165) is 0 Å². The summed E-state index contributed by atoms with van der Waals surface area (Å²) in [7, 11) is 0. The number of benzene rings is 2. The summed E-state index contributed by atoms with van der Waals surface area (Å²) in [4.78, 5) is 42.6. The van der Waals surface area contributed by atoms with E-state index in [1.165, 1.54) is 16.7 Å². The van der Waals surface area contributed by atoms with Gasteiger partial charge < -0.3 is 26.8 Å². The number of thioether (sulfide) groups is 1. The normalized spacial score (nSPS) is 19.5. The molecule has 9 heteroatoms. The van der Waals surface area contributed by atoms with E-state index in [4.69, 9.17) is 11.5 Å². The Hall–Kier alpha value is -2.88. The molecule has 1 unspecified atom stereocenters. The average molecular weight is 541 g/mol. The van der Waals surface area contributed by atoms with Gasteiger partial charge in [0.1, 0.15) is 12.1 Å². The molecule has 1 heterocycles. The van der Waals surface area contributed by atoms with Gasteiger partial charge in [0.05, 0.1) is 11.8 Å². The number of anilines is 1. The summed E-state index contributed by atoms with van der Waals surface area (Å²) in [5, 5.41) is 14.5. The second-order valence-corrected chi connectivity index (χ2v) is 12.9. The smallest absolute Gasteiger partial charge is 0.253 e. The van der Waals surface area contributed by atoms with E-state index in [1.807, 2.05) is 47.6 Å². The average Bonchev–Trinajstić information content (AvgIpc) is 3.17. The van der Waals surface area contributed by atoms with E-state index in [2.05, 4.69) is 5.32 Å². The first-order valence-electron chi connectivity index (χ1n) is 12.9. The van der Waals surface area contributed by atoms with Crippen LogP contribution in [0.2, 0.25) is 0 Å². The van der Waals surface area contributed by atoms with Gasteiger partial charge in [-0.25, -0.2) is 0 Å². The lowest BCUT2D eigenvalue weighted by Gasteiger charge is -2.35. The summed E-state index contributed by atoms with van der Waals surface area (Å²) in [5.74, 6) is -2.58. The number of nitrogens with one attached hydrogen (secondary N) is 1. The van der Waals surface area contributed by atoms with Crippen molar-refractivity contribution in [3.05, 3.63) is 65.2 Å². The number of Topliss-reactive ketones (excluding diaryl/α,β-unsaturated/α-hetero) is 1. The number of carbonyl (C=O) groups is 3. The van der Waals surface area contributed by atoms with Crippen molar-refractivity contribution in [1.82, 2.24) is 10.2 Å². The highest BCUT2D eigenvalue weighted by atomic mass is 32.2. The molecule has 2 amide bonds. The maximum atomic E-state index is 14.0. The summed E-state index contributed by atoms with van der Waals surface area (Å²) < 4.78 is -0.602. The highest BCUT2D eigenvalue weighted by Crippen LogP contribution is 2.41. The number of hydrogen-bond acceptors (Lipinski definition) is 7. The third-order valence-corrected chi connectivity index (χ3v) is 8.25. The van der Waals surface area contributed by atoms with Gasteiger partial charge in [-0.1, -0.05) is 49.4 Å². The van der Waals surface area contributed by atoms with Gasteiger partial charge >= 0.3 is 0 Å². The summed E-state index contributed by atoms with van der Waals surface area (Å²) in [5.41, 5.74) is 14.3. The van der Waals surface area contributed by atoms with Gasteiger partial charge in [0.2, 0.25) is 5.91 Å². The van der Waals surface area contributed by atoms with Crippen molar-refractivity contribution in [2.24, 2.45) is 11.7 Å². The van der Waals surface area contributed by atoms with Gasteiger partial charge in [-0.15, -0.1) is 11.8 Å². The molecule has 1 aliphatic heterocycles. The molecule has 0 aromatic heterocycles. The topological polar surface area (TPSA) is 139 Å². The zero-order valence-electron chi connectivity index (χ0n) is 23.0. The van der Waals surface area contributed by atoms with E-state index in [1.54, 1.807) is 42.5 Å². The first-order valence-corrected chi connectivity index (χ1v) is 13.8. The van der Waals surface area contributed by atoms with E-state index >= 15 is 0 Å². The lowest BCUT2D eigenvalue weighted by molar-refractivity contribution is -0.148. The number of rotatable bonds is 8. The van der Waals surface area contributed by atoms with Gasteiger partial charge in [-0.3, -0.25) is 14.4 Å². The van der Waals surface area contributed by atoms with Gasteiger partial charge in [0, 0.05) is 27.6 Å². The molecular weight excluding hydrogens is 500 g/mol. The Balaban J connectivity index is 2.04. The molecule has 0 radical (unpaired) electrons. The minimum absolute atomic E-state index is 0.200. The van der Waals surface area contributed by atoms with Crippen LogP contribution in [0.3, 0.4) is 0 Å². The molecule has 0 spiro atoms. The highest BCUT2D eigenvalue weighted by molar-refractivity contribution is 8.00. The number of amides is 2. The van der Waals surface area contributed by atoms with Crippen molar-refractivity contribution < 1.29 is 19.5 Å². The Labute approximate surface area is 229 Å². The summed E-state index contributed by atoms with van der Waals surface area (Å²) in [6.45, 7) is 11.3. The zero-order chi connectivity index (χ0) is 28.4. The molecule has 0 saturated carbocycles. The molecule has 2 aromatic rings. The van der Waals surface area contributed by atoms with Gasteiger partial charge in [-0.05, 0) is 58.2 Å². The van der Waals surface area contributed by atoms with E-state index < -0.39 is 46.1 Å². The fraction of sp³-hybridized carbons (Fsp3) is 0.483. The molecule has 1 fully saturated rings. The first kappa shape index (κ1) is 29.7. The van der Waals surface area contributed by atoms with Crippen molar-refractivity contribution in [2.45, 2.75) is 76.4 Å².